The van der Waals surface area contributed by atoms with Crippen LogP contribution in [0.15, 0.2) is 77.3 Å². The first-order valence-corrected chi connectivity index (χ1v) is 9.66. The molecule has 4 aromatic rings. The van der Waals surface area contributed by atoms with E-state index in [-0.39, 0.29) is 5.91 Å². The average Bonchev–Trinajstić information content (AvgIpc) is 3.22. The van der Waals surface area contributed by atoms with E-state index in [1.165, 1.54) is 0 Å². The van der Waals surface area contributed by atoms with Crippen LogP contribution in [0.4, 0.5) is 5.69 Å². The Morgan fingerprint density at radius 2 is 1.72 bits per heavy atom. The van der Waals surface area contributed by atoms with Crippen LogP contribution in [0.1, 0.15) is 15.9 Å². The first-order chi connectivity index (χ1) is 14.0. The number of carbonyl (C=O) groups is 1. The molecule has 0 fully saturated rings. The largest absolute Gasteiger partial charge is 0.436 e. The normalized spacial score (nSPS) is 10.7. The molecule has 0 bridgehead atoms. The quantitative estimate of drug-likeness (QED) is 0.389. The Labute approximate surface area is 178 Å². The van der Waals surface area contributed by atoms with Crippen LogP contribution >= 0.6 is 23.2 Å². The Hall–Kier alpha value is -3.08. The topological polar surface area (TPSA) is 55.1 Å². The van der Waals surface area contributed by atoms with Gasteiger partial charge in [0.1, 0.15) is 0 Å². The number of hydrogen-bond acceptors (Lipinski definition) is 3. The van der Waals surface area contributed by atoms with Gasteiger partial charge in [0.2, 0.25) is 5.89 Å². The van der Waals surface area contributed by atoms with Gasteiger partial charge in [-0.1, -0.05) is 41.4 Å². The molecule has 0 saturated carbocycles. The lowest BCUT2D eigenvalue weighted by molar-refractivity contribution is 0.102. The summed E-state index contributed by atoms with van der Waals surface area (Å²) in [5.74, 6) is 0.693. The number of anilines is 1. The molecule has 1 aromatic heterocycles. The van der Waals surface area contributed by atoms with E-state index in [2.05, 4.69) is 10.3 Å². The minimum absolute atomic E-state index is 0.266. The molecule has 0 aliphatic carbocycles. The van der Waals surface area contributed by atoms with Gasteiger partial charge in [0.15, 0.2) is 5.76 Å². The fourth-order valence-electron chi connectivity index (χ4n) is 2.95. The zero-order chi connectivity index (χ0) is 20.4. The van der Waals surface area contributed by atoms with E-state index in [4.69, 9.17) is 27.6 Å². The van der Waals surface area contributed by atoms with Gasteiger partial charge in [0.05, 0.1) is 11.8 Å². The monoisotopic (exact) mass is 422 g/mol. The summed E-state index contributed by atoms with van der Waals surface area (Å²) in [6.07, 6.45) is 1.63. The van der Waals surface area contributed by atoms with Gasteiger partial charge in [-0.05, 0) is 61.0 Å². The molecule has 1 N–H and O–H groups in total. The lowest BCUT2D eigenvalue weighted by Crippen LogP contribution is -2.14. The van der Waals surface area contributed by atoms with Gasteiger partial charge in [-0.25, -0.2) is 4.98 Å². The van der Waals surface area contributed by atoms with E-state index >= 15 is 0 Å². The maximum absolute atomic E-state index is 12.9. The molecule has 29 heavy (non-hydrogen) atoms. The van der Waals surface area contributed by atoms with Gasteiger partial charge in [0.25, 0.3) is 5.91 Å². The fourth-order valence-corrected chi connectivity index (χ4v) is 3.25. The van der Waals surface area contributed by atoms with Crippen LogP contribution in [-0.4, -0.2) is 10.9 Å². The maximum Gasteiger partial charge on any atom is 0.256 e. The molecule has 0 aliphatic rings. The predicted molar refractivity (Wildman–Crippen MR) is 117 cm³/mol. The third-order valence-corrected chi connectivity index (χ3v) is 5.21. The van der Waals surface area contributed by atoms with Crippen molar-refractivity contribution in [2.45, 2.75) is 6.92 Å². The average molecular weight is 423 g/mol. The predicted octanol–water partition coefficient (Wildman–Crippen LogP) is 6.88. The number of amides is 1. The number of benzene rings is 3. The van der Waals surface area contributed by atoms with Crippen molar-refractivity contribution in [3.8, 4) is 22.8 Å². The van der Waals surface area contributed by atoms with Crippen LogP contribution in [-0.2, 0) is 0 Å². The smallest absolute Gasteiger partial charge is 0.256 e. The van der Waals surface area contributed by atoms with E-state index in [0.29, 0.717) is 38.5 Å². The Kier molecular flexibility index (Phi) is 5.38. The molecule has 0 radical (unpaired) electrons. The summed E-state index contributed by atoms with van der Waals surface area (Å²) in [6, 6.07) is 19.8. The number of rotatable bonds is 4. The van der Waals surface area contributed by atoms with E-state index in [1.54, 1.807) is 48.7 Å². The van der Waals surface area contributed by atoms with E-state index in [0.717, 1.165) is 11.1 Å². The lowest BCUT2D eigenvalue weighted by atomic mass is 10.1. The molecule has 0 atom stereocenters. The first kappa shape index (κ1) is 19.2. The maximum atomic E-state index is 12.9. The summed E-state index contributed by atoms with van der Waals surface area (Å²) in [6.45, 7) is 1.86. The number of carbonyl (C=O) groups excluding carboxylic acids is 1. The Morgan fingerprint density at radius 3 is 2.52 bits per heavy atom. The number of nitrogens with one attached hydrogen (secondary N) is 1. The Balaban J connectivity index is 1.66. The second kappa shape index (κ2) is 8.11. The minimum atomic E-state index is -0.266. The molecule has 4 rings (SSSR count). The van der Waals surface area contributed by atoms with Crippen LogP contribution in [0, 0.1) is 6.92 Å². The minimum Gasteiger partial charge on any atom is -0.436 e. The summed E-state index contributed by atoms with van der Waals surface area (Å²) in [4.78, 5) is 17.3. The van der Waals surface area contributed by atoms with Crippen molar-refractivity contribution in [2.24, 2.45) is 0 Å². The highest BCUT2D eigenvalue weighted by Crippen LogP contribution is 2.30. The number of oxazole rings is 1. The van der Waals surface area contributed by atoms with Crippen molar-refractivity contribution < 1.29 is 9.21 Å². The van der Waals surface area contributed by atoms with Crippen molar-refractivity contribution in [1.29, 1.82) is 0 Å². The van der Waals surface area contributed by atoms with Crippen LogP contribution in [0.3, 0.4) is 0 Å². The molecule has 144 valence electrons. The highest BCUT2D eigenvalue weighted by molar-refractivity contribution is 6.32. The standard InChI is InChI=1S/C23H16Cl2N2O2/c1-14-19(25)7-4-8-20(14)27-22(28)17-5-2-3-6-18(17)23-26-13-21(29-23)15-9-11-16(24)12-10-15/h2-13H,1H3,(H,27,28). The zero-order valence-electron chi connectivity index (χ0n) is 15.4. The highest BCUT2D eigenvalue weighted by atomic mass is 35.5. The lowest BCUT2D eigenvalue weighted by Gasteiger charge is -2.11. The third kappa shape index (κ3) is 4.04. The molecule has 6 heteroatoms. The molecule has 4 nitrogen and oxygen atoms in total. The second-order valence-electron chi connectivity index (χ2n) is 6.45. The molecular formula is C23H16Cl2N2O2. The molecule has 3 aromatic carbocycles. The van der Waals surface area contributed by atoms with Crippen LogP contribution < -0.4 is 5.32 Å². The van der Waals surface area contributed by atoms with Crippen molar-refractivity contribution in [2.75, 3.05) is 5.32 Å². The Morgan fingerprint density at radius 1 is 0.966 bits per heavy atom. The van der Waals surface area contributed by atoms with Crippen molar-refractivity contribution in [3.63, 3.8) is 0 Å². The number of aromatic nitrogens is 1. The molecule has 0 aliphatic heterocycles. The van der Waals surface area contributed by atoms with Gasteiger partial charge in [0, 0.05) is 26.9 Å². The summed E-state index contributed by atoms with van der Waals surface area (Å²) in [7, 11) is 0. The van der Waals surface area contributed by atoms with Crippen LogP contribution in [0.25, 0.3) is 22.8 Å². The van der Waals surface area contributed by atoms with E-state index in [1.807, 2.05) is 31.2 Å². The summed E-state index contributed by atoms with van der Waals surface area (Å²) >= 11 is 12.1. The number of nitrogens with zero attached hydrogens (tertiary/aromatic N) is 1. The number of hydrogen-bond donors (Lipinski definition) is 1. The zero-order valence-corrected chi connectivity index (χ0v) is 17.0. The molecule has 1 heterocycles. The van der Waals surface area contributed by atoms with E-state index < -0.39 is 0 Å². The molecule has 0 unspecified atom stereocenters. The van der Waals surface area contributed by atoms with Crippen molar-refractivity contribution >= 4 is 34.8 Å². The molecule has 0 spiro atoms. The Bertz CT molecular complexity index is 1180. The van der Waals surface area contributed by atoms with Crippen molar-refractivity contribution in [1.82, 2.24) is 4.98 Å². The van der Waals surface area contributed by atoms with Gasteiger partial charge >= 0.3 is 0 Å². The highest BCUT2D eigenvalue weighted by Gasteiger charge is 2.18. The second-order valence-corrected chi connectivity index (χ2v) is 7.29. The first-order valence-electron chi connectivity index (χ1n) is 8.90. The SMILES string of the molecule is Cc1c(Cl)cccc1NC(=O)c1ccccc1-c1ncc(-c2ccc(Cl)cc2)o1. The van der Waals surface area contributed by atoms with Gasteiger partial charge in [-0.3, -0.25) is 4.79 Å². The third-order valence-electron chi connectivity index (χ3n) is 4.55. The van der Waals surface area contributed by atoms with Crippen LogP contribution in [0.5, 0.6) is 0 Å². The summed E-state index contributed by atoms with van der Waals surface area (Å²) < 4.78 is 5.92. The fraction of sp³-hybridized carbons (Fsp3) is 0.0435. The van der Waals surface area contributed by atoms with E-state index in [9.17, 15) is 4.79 Å². The molecular weight excluding hydrogens is 407 g/mol. The van der Waals surface area contributed by atoms with Gasteiger partial charge in [-0.2, -0.15) is 0 Å². The summed E-state index contributed by atoms with van der Waals surface area (Å²) in [5.41, 5.74) is 3.37. The van der Waals surface area contributed by atoms with Crippen LogP contribution in [0.2, 0.25) is 10.0 Å². The van der Waals surface area contributed by atoms with Gasteiger partial charge < -0.3 is 9.73 Å². The molecule has 0 saturated heterocycles. The molecule has 1 amide bonds. The number of halogens is 2. The van der Waals surface area contributed by atoms with Crippen molar-refractivity contribution in [3.05, 3.63) is 94.1 Å². The summed E-state index contributed by atoms with van der Waals surface area (Å²) in [5, 5.41) is 4.15. The van der Waals surface area contributed by atoms with Gasteiger partial charge in [-0.15, -0.1) is 0 Å².